The van der Waals surface area contributed by atoms with Crippen molar-refractivity contribution in [1.82, 2.24) is 5.32 Å². The Labute approximate surface area is 124 Å². The fourth-order valence-corrected chi connectivity index (χ4v) is 2.05. The number of hydrogen-bond donors (Lipinski definition) is 1. The Hall–Kier alpha value is -1.02. The number of rotatable bonds is 10. The first-order valence-corrected chi connectivity index (χ1v) is 8.04. The van der Waals surface area contributed by atoms with E-state index in [9.17, 15) is 0 Å². The van der Waals surface area contributed by atoms with Gasteiger partial charge in [-0.15, -0.1) is 0 Å². The summed E-state index contributed by atoms with van der Waals surface area (Å²) in [6.07, 6.45) is 4.65. The van der Waals surface area contributed by atoms with E-state index in [0.29, 0.717) is 0 Å². The van der Waals surface area contributed by atoms with E-state index in [1.54, 1.807) is 0 Å². The third-order valence-electron chi connectivity index (χ3n) is 3.96. The summed E-state index contributed by atoms with van der Waals surface area (Å²) >= 11 is 0. The van der Waals surface area contributed by atoms with E-state index in [1.165, 1.54) is 18.4 Å². The van der Waals surface area contributed by atoms with Gasteiger partial charge in [-0.25, -0.2) is 0 Å². The van der Waals surface area contributed by atoms with Gasteiger partial charge in [-0.2, -0.15) is 0 Å². The van der Waals surface area contributed by atoms with E-state index in [1.807, 2.05) is 0 Å². The van der Waals surface area contributed by atoms with Crippen molar-refractivity contribution in [2.45, 2.75) is 58.8 Å². The van der Waals surface area contributed by atoms with Crippen molar-refractivity contribution in [3.05, 3.63) is 29.8 Å². The smallest absolute Gasteiger partial charge is 0.119 e. The van der Waals surface area contributed by atoms with E-state index in [0.717, 1.165) is 38.3 Å². The van der Waals surface area contributed by atoms with E-state index in [2.05, 4.69) is 57.3 Å². The van der Waals surface area contributed by atoms with Crippen molar-refractivity contribution in [3.8, 4) is 5.75 Å². The van der Waals surface area contributed by atoms with Crippen LogP contribution < -0.4 is 10.1 Å². The molecule has 0 saturated carbocycles. The summed E-state index contributed by atoms with van der Waals surface area (Å²) < 4.78 is 5.79. The molecule has 20 heavy (non-hydrogen) atoms. The third-order valence-corrected chi connectivity index (χ3v) is 3.96. The number of nitrogens with one attached hydrogen (secondary N) is 1. The third kappa shape index (κ3) is 5.96. The predicted octanol–water partition coefficient (Wildman–Crippen LogP) is 4.53. The molecule has 0 aliphatic carbocycles. The van der Waals surface area contributed by atoms with Crippen molar-refractivity contribution in [3.63, 3.8) is 0 Å². The van der Waals surface area contributed by atoms with Crippen LogP contribution in [0.3, 0.4) is 0 Å². The van der Waals surface area contributed by atoms with Gasteiger partial charge in [-0.05, 0) is 61.9 Å². The van der Waals surface area contributed by atoms with Crippen molar-refractivity contribution >= 4 is 0 Å². The summed E-state index contributed by atoms with van der Waals surface area (Å²) in [6, 6.07) is 8.59. The topological polar surface area (TPSA) is 21.3 Å². The van der Waals surface area contributed by atoms with Crippen LogP contribution in [0.2, 0.25) is 0 Å². The van der Waals surface area contributed by atoms with Gasteiger partial charge in [-0.3, -0.25) is 0 Å². The zero-order chi connectivity index (χ0) is 14.8. The Morgan fingerprint density at radius 1 is 1.00 bits per heavy atom. The highest BCUT2D eigenvalue weighted by molar-refractivity contribution is 5.31. The molecular formula is C18H31NO. The molecule has 2 heteroatoms. The van der Waals surface area contributed by atoms with Crippen molar-refractivity contribution in [2.75, 3.05) is 19.7 Å². The average molecular weight is 277 g/mol. The van der Waals surface area contributed by atoms with Crippen LogP contribution >= 0.6 is 0 Å². The van der Waals surface area contributed by atoms with Gasteiger partial charge in [0.2, 0.25) is 0 Å². The number of benzene rings is 1. The standard InChI is InChI=1S/C18H31NO/c1-5-13-19-14-7-8-15-20-17-11-9-16(10-12-17)18(3,4)6-2/h9-12,19H,5-8,13-15H2,1-4H3. The van der Waals surface area contributed by atoms with E-state index >= 15 is 0 Å². The van der Waals surface area contributed by atoms with Crippen molar-refractivity contribution in [2.24, 2.45) is 0 Å². The van der Waals surface area contributed by atoms with Crippen LogP contribution in [0.5, 0.6) is 5.75 Å². The molecule has 0 aromatic heterocycles. The maximum absolute atomic E-state index is 5.79. The second-order valence-corrected chi connectivity index (χ2v) is 6.07. The van der Waals surface area contributed by atoms with Gasteiger partial charge >= 0.3 is 0 Å². The molecule has 1 rings (SSSR count). The van der Waals surface area contributed by atoms with Gasteiger partial charge in [0.05, 0.1) is 6.61 Å². The molecule has 0 aliphatic rings. The Bertz CT molecular complexity index is 356. The molecule has 0 spiro atoms. The zero-order valence-electron chi connectivity index (χ0n) is 13.7. The number of unbranched alkanes of at least 4 members (excludes halogenated alkanes) is 1. The molecule has 0 heterocycles. The van der Waals surface area contributed by atoms with Gasteiger partial charge in [0, 0.05) is 0 Å². The van der Waals surface area contributed by atoms with Gasteiger partial charge < -0.3 is 10.1 Å². The molecule has 1 aromatic carbocycles. The van der Waals surface area contributed by atoms with E-state index in [4.69, 9.17) is 4.74 Å². The highest BCUT2D eigenvalue weighted by atomic mass is 16.5. The molecule has 1 N–H and O–H groups in total. The quantitative estimate of drug-likeness (QED) is 0.634. The minimum absolute atomic E-state index is 0.253. The van der Waals surface area contributed by atoms with Gasteiger partial charge in [0.25, 0.3) is 0 Å². The van der Waals surface area contributed by atoms with Gasteiger partial charge in [0.1, 0.15) is 5.75 Å². The molecule has 2 nitrogen and oxygen atoms in total. The summed E-state index contributed by atoms with van der Waals surface area (Å²) in [5.74, 6) is 0.988. The Kier molecular flexibility index (Phi) is 7.68. The van der Waals surface area contributed by atoms with Crippen LogP contribution in [0.1, 0.15) is 58.9 Å². The minimum atomic E-state index is 0.253. The molecule has 0 atom stereocenters. The molecule has 114 valence electrons. The highest BCUT2D eigenvalue weighted by Crippen LogP contribution is 2.28. The van der Waals surface area contributed by atoms with Crippen molar-refractivity contribution in [1.29, 1.82) is 0 Å². The summed E-state index contributed by atoms with van der Waals surface area (Å²) in [5.41, 5.74) is 1.64. The maximum Gasteiger partial charge on any atom is 0.119 e. The molecule has 1 aromatic rings. The summed E-state index contributed by atoms with van der Waals surface area (Å²) in [7, 11) is 0. The Morgan fingerprint density at radius 2 is 1.70 bits per heavy atom. The SMILES string of the molecule is CCCNCCCCOc1ccc(C(C)(C)CC)cc1. The molecule has 0 radical (unpaired) electrons. The monoisotopic (exact) mass is 277 g/mol. The molecule has 0 fully saturated rings. The van der Waals surface area contributed by atoms with Crippen LogP contribution in [0.4, 0.5) is 0 Å². The maximum atomic E-state index is 5.79. The zero-order valence-corrected chi connectivity index (χ0v) is 13.7. The predicted molar refractivity (Wildman–Crippen MR) is 87.6 cm³/mol. The summed E-state index contributed by atoms with van der Waals surface area (Å²) in [6.45, 7) is 12.0. The number of hydrogen-bond acceptors (Lipinski definition) is 2. The molecule has 0 saturated heterocycles. The molecule has 0 aliphatic heterocycles. The van der Waals surface area contributed by atoms with Crippen LogP contribution in [0.25, 0.3) is 0 Å². The first-order chi connectivity index (χ1) is 9.60. The molecular weight excluding hydrogens is 246 g/mol. The van der Waals surface area contributed by atoms with Crippen LogP contribution in [0, 0.1) is 0 Å². The fourth-order valence-electron chi connectivity index (χ4n) is 2.05. The van der Waals surface area contributed by atoms with Crippen LogP contribution in [-0.4, -0.2) is 19.7 Å². The molecule has 0 bridgehead atoms. The lowest BCUT2D eigenvalue weighted by molar-refractivity contribution is 0.305. The number of ether oxygens (including phenoxy) is 1. The Morgan fingerprint density at radius 3 is 2.30 bits per heavy atom. The highest BCUT2D eigenvalue weighted by Gasteiger charge is 2.17. The normalized spacial score (nSPS) is 11.6. The minimum Gasteiger partial charge on any atom is -0.494 e. The largest absolute Gasteiger partial charge is 0.494 e. The second-order valence-electron chi connectivity index (χ2n) is 6.07. The first kappa shape index (κ1) is 17.0. The second kappa shape index (κ2) is 9.02. The lowest BCUT2D eigenvalue weighted by atomic mass is 9.82. The van der Waals surface area contributed by atoms with Crippen LogP contribution in [0.15, 0.2) is 24.3 Å². The van der Waals surface area contributed by atoms with Gasteiger partial charge in [-0.1, -0.05) is 39.8 Å². The lowest BCUT2D eigenvalue weighted by Gasteiger charge is -2.23. The van der Waals surface area contributed by atoms with Gasteiger partial charge in [0.15, 0.2) is 0 Å². The average Bonchev–Trinajstić information content (AvgIpc) is 2.47. The fraction of sp³-hybridized carbons (Fsp3) is 0.667. The van der Waals surface area contributed by atoms with E-state index < -0.39 is 0 Å². The summed E-state index contributed by atoms with van der Waals surface area (Å²) in [5, 5.41) is 3.41. The first-order valence-electron chi connectivity index (χ1n) is 8.04. The Balaban J connectivity index is 2.25. The summed E-state index contributed by atoms with van der Waals surface area (Å²) in [4.78, 5) is 0. The lowest BCUT2D eigenvalue weighted by Crippen LogP contribution is -2.16. The molecule has 0 amide bonds. The van der Waals surface area contributed by atoms with E-state index in [-0.39, 0.29) is 5.41 Å². The molecule has 0 unspecified atom stereocenters. The van der Waals surface area contributed by atoms with Crippen LogP contribution in [-0.2, 0) is 5.41 Å². The van der Waals surface area contributed by atoms with Crippen molar-refractivity contribution < 1.29 is 4.74 Å².